The van der Waals surface area contributed by atoms with E-state index in [-0.39, 0.29) is 29.6 Å². The maximum Gasteiger partial charge on any atom is 0.509 e. The number of carbonyl (C=O) groups excluding carboxylic acids is 7. The molecule has 65 heavy (non-hydrogen) atoms. The van der Waals surface area contributed by atoms with Crippen LogP contribution < -0.4 is 5.32 Å². The molecule has 1 heterocycles. The van der Waals surface area contributed by atoms with Gasteiger partial charge in [-0.2, -0.15) is 0 Å². The smallest absolute Gasteiger partial charge is 0.458 e. The van der Waals surface area contributed by atoms with Gasteiger partial charge in [0.1, 0.15) is 5.60 Å². The number of aliphatic hydroxyl groups excluding tert-OH is 1. The van der Waals surface area contributed by atoms with Crippen molar-refractivity contribution in [2.45, 2.75) is 108 Å². The molecule has 18 nitrogen and oxygen atoms in total. The SMILES string of the molecule is CO[C@H]1C[C@H]2CC[C@@]2(OC(C)=O)[C@H]2[C@H](OC(=O)c3ccccc3)[C@]34OC(=O)O[C@H]3[C@H](OC(=O)[C@H](O)[C@@H](NC(=O)N(C)C)c3ccccc3)C(C)=C([C@@H](OC(=O)N(C)C)C(=O)[C@]12C)C4(C)C. The van der Waals surface area contributed by atoms with Crippen LogP contribution in [0.1, 0.15) is 75.8 Å². The zero-order valence-electron chi connectivity index (χ0n) is 38.1. The first-order valence-electron chi connectivity index (χ1n) is 21.5. The van der Waals surface area contributed by atoms with Crippen molar-refractivity contribution in [3.05, 3.63) is 82.9 Å². The number of ketones is 1. The molecule has 2 bridgehead atoms. The Morgan fingerprint density at radius 1 is 0.892 bits per heavy atom. The fourth-order valence-corrected chi connectivity index (χ4v) is 11.3. The largest absolute Gasteiger partial charge is 0.509 e. The van der Waals surface area contributed by atoms with Crippen LogP contribution in [0.5, 0.6) is 0 Å². The molecule has 4 aliphatic carbocycles. The maximum absolute atomic E-state index is 16.1. The highest BCUT2D eigenvalue weighted by Gasteiger charge is 2.83. The second-order valence-electron chi connectivity index (χ2n) is 18.7. The van der Waals surface area contributed by atoms with Gasteiger partial charge in [-0.1, -0.05) is 62.4 Å². The summed E-state index contributed by atoms with van der Waals surface area (Å²) in [7, 11) is 7.22. The summed E-state index contributed by atoms with van der Waals surface area (Å²) in [5.41, 5.74) is -6.86. The monoisotopic (exact) mass is 903 g/mol. The van der Waals surface area contributed by atoms with Crippen LogP contribution in [-0.2, 0) is 47.5 Å². The minimum absolute atomic E-state index is 0.0209. The fourth-order valence-electron chi connectivity index (χ4n) is 11.3. The molecule has 1 saturated heterocycles. The number of aliphatic hydroxyl groups is 1. The summed E-state index contributed by atoms with van der Waals surface area (Å²) in [6.07, 6.45) is -11.4. The van der Waals surface area contributed by atoms with Crippen molar-refractivity contribution >= 4 is 42.0 Å². The second kappa shape index (κ2) is 17.1. The highest BCUT2D eigenvalue weighted by atomic mass is 16.8. The van der Waals surface area contributed by atoms with E-state index >= 15 is 4.79 Å². The number of fused-ring (bicyclic) bond motifs is 4. The number of hydrogen-bond donors (Lipinski definition) is 2. The maximum atomic E-state index is 16.1. The van der Waals surface area contributed by atoms with Gasteiger partial charge in [-0.3, -0.25) is 9.59 Å². The highest BCUT2D eigenvalue weighted by Crippen LogP contribution is 2.69. The van der Waals surface area contributed by atoms with Gasteiger partial charge in [0, 0.05) is 53.6 Å². The zero-order valence-corrected chi connectivity index (χ0v) is 38.1. The van der Waals surface area contributed by atoms with Crippen LogP contribution in [0.3, 0.4) is 0 Å². The third-order valence-corrected chi connectivity index (χ3v) is 14.4. The molecule has 0 aromatic heterocycles. The first-order valence-corrected chi connectivity index (χ1v) is 21.5. The van der Waals surface area contributed by atoms with Crippen LogP contribution >= 0.6 is 0 Å². The number of Topliss-reactive ketones (excluding diaryl/α,β-unsaturated/α-hetero) is 1. The lowest BCUT2D eigenvalue weighted by Crippen LogP contribution is -2.81. The standard InChI is InChI=1S/C47H57N3O15/c1-24-30-34(61-42(57)50(8)9)36(53)45(5)29(59-10)23-28-21-22-46(28,64-25(2)51)35(45)38(62-39(54)27-19-15-12-16-20-27)47(44(30,3)4)37(63-43(58)65-47)33(24)60-40(55)32(52)31(48-41(56)49(6)7)26-17-13-11-14-18-26/h11-20,28-29,31-35,37-38,52H,21-23H2,1-10H3,(H,48,56)/t28-,29+,31+,32-,33-,34-,35+,37+,38+,45-,46+,47-/m1/s1. The minimum atomic E-state index is -2.28. The quantitative estimate of drug-likeness (QED) is 0.190. The molecule has 1 spiro atoms. The van der Waals surface area contributed by atoms with Crippen LogP contribution in [-0.4, -0.2) is 140 Å². The third kappa shape index (κ3) is 7.38. The number of carbonyl (C=O) groups is 7. The Kier molecular flexibility index (Phi) is 12.3. The lowest BCUT2D eigenvalue weighted by molar-refractivity contribution is -0.298. The fraction of sp³-hybridized carbons (Fsp3) is 0.553. The topological polar surface area (TPSA) is 223 Å². The minimum Gasteiger partial charge on any atom is -0.458 e. The summed E-state index contributed by atoms with van der Waals surface area (Å²) in [6.45, 7) is 7.53. The number of nitrogens with one attached hydrogen (secondary N) is 1. The summed E-state index contributed by atoms with van der Waals surface area (Å²) in [4.78, 5) is 102. The molecular formula is C47H57N3O15. The van der Waals surface area contributed by atoms with E-state index in [1.54, 1.807) is 69.3 Å². The van der Waals surface area contributed by atoms with Crippen molar-refractivity contribution in [1.29, 1.82) is 0 Å². The van der Waals surface area contributed by atoms with E-state index in [4.69, 9.17) is 33.2 Å². The number of ether oxygens (including phenoxy) is 7. The van der Waals surface area contributed by atoms with Crippen molar-refractivity contribution in [2.75, 3.05) is 35.3 Å². The summed E-state index contributed by atoms with van der Waals surface area (Å²) >= 11 is 0. The molecule has 2 aromatic carbocycles. The summed E-state index contributed by atoms with van der Waals surface area (Å²) in [6, 6.07) is 14.2. The van der Waals surface area contributed by atoms with Crippen LogP contribution in [0, 0.1) is 22.7 Å². The average molecular weight is 904 g/mol. The number of esters is 3. The molecule has 0 radical (unpaired) electrons. The van der Waals surface area contributed by atoms with Gasteiger partial charge in [0.25, 0.3) is 0 Å². The van der Waals surface area contributed by atoms with Crippen molar-refractivity contribution < 1.29 is 71.8 Å². The molecule has 18 heteroatoms. The van der Waals surface area contributed by atoms with Gasteiger partial charge in [0.15, 0.2) is 36.3 Å². The van der Waals surface area contributed by atoms with E-state index in [2.05, 4.69) is 5.32 Å². The van der Waals surface area contributed by atoms with Crippen molar-refractivity contribution in [3.8, 4) is 0 Å². The first-order chi connectivity index (χ1) is 30.6. The predicted molar refractivity (Wildman–Crippen MR) is 227 cm³/mol. The summed E-state index contributed by atoms with van der Waals surface area (Å²) < 4.78 is 44.2. The lowest BCUT2D eigenvalue weighted by Gasteiger charge is -2.68. The molecule has 5 aliphatic rings. The Labute approximate surface area is 376 Å². The number of urea groups is 1. The molecule has 2 N–H and O–H groups in total. The summed E-state index contributed by atoms with van der Waals surface area (Å²) in [5, 5.41) is 14.5. The van der Waals surface area contributed by atoms with Crippen LogP contribution in [0.2, 0.25) is 0 Å². The first kappa shape index (κ1) is 47.0. The molecule has 0 unspecified atom stereocenters. The molecule has 12 atom stereocenters. The van der Waals surface area contributed by atoms with Gasteiger partial charge < -0.3 is 53.4 Å². The van der Waals surface area contributed by atoms with Gasteiger partial charge >= 0.3 is 36.2 Å². The van der Waals surface area contributed by atoms with E-state index in [1.165, 1.54) is 66.2 Å². The van der Waals surface area contributed by atoms with Gasteiger partial charge in [0.2, 0.25) is 5.60 Å². The van der Waals surface area contributed by atoms with Crippen LogP contribution in [0.15, 0.2) is 71.8 Å². The molecule has 350 valence electrons. The van der Waals surface area contributed by atoms with Crippen molar-refractivity contribution in [2.24, 2.45) is 22.7 Å². The average Bonchev–Trinajstić information content (AvgIpc) is 3.63. The van der Waals surface area contributed by atoms with E-state index in [9.17, 15) is 33.9 Å². The number of methoxy groups -OCH3 is 1. The molecule has 1 aliphatic heterocycles. The van der Waals surface area contributed by atoms with Crippen molar-refractivity contribution in [3.63, 3.8) is 0 Å². The third-order valence-electron chi connectivity index (χ3n) is 14.4. The van der Waals surface area contributed by atoms with Gasteiger partial charge in [0.05, 0.1) is 29.0 Å². The predicted octanol–water partition coefficient (Wildman–Crippen LogP) is 4.53. The number of hydrogen-bond acceptors (Lipinski definition) is 15. The Morgan fingerprint density at radius 2 is 1.52 bits per heavy atom. The highest BCUT2D eigenvalue weighted by molar-refractivity contribution is 5.96. The molecule has 3 saturated carbocycles. The Bertz CT molecular complexity index is 2280. The van der Waals surface area contributed by atoms with Crippen LogP contribution in [0.4, 0.5) is 14.4 Å². The number of rotatable bonds is 10. The van der Waals surface area contributed by atoms with Gasteiger partial charge in [-0.05, 0) is 62.0 Å². The van der Waals surface area contributed by atoms with Gasteiger partial charge in [-0.15, -0.1) is 0 Å². The zero-order chi connectivity index (χ0) is 47.6. The van der Waals surface area contributed by atoms with Crippen molar-refractivity contribution in [1.82, 2.24) is 15.1 Å². The number of benzene rings is 2. The lowest BCUT2D eigenvalue weighted by atomic mass is 9.40. The molecule has 3 amide bonds. The Morgan fingerprint density at radius 3 is 2.08 bits per heavy atom. The molecule has 4 fully saturated rings. The Hall–Kier alpha value is -6.01. The van der Waals surface area contributed by atoms with Crippen LogP contribution in [0.25, 0.3) is 0 Å². The molecule has 7 rings (SSSR count). The van der Waals surface area contributed by atoms with E-state index in [0.717, 1.165) is 4.90 Å². The number of amides is 3. The van der Waals surface area contributed by atoms with E-state index in [0.29, 0.717) is 12.0 Å². The molecule has 2 aromatic rings. The van der Waals surface area contributed by atoms with Gasteiger partial charge in [-0.25, -0.2) is 24.0 Å². The normalized spacial score (nSPS) is 32.7. The summed E-state index contributed by atoms with van der Waals surface area (Å²) in [5.74, 6) is -5.48. The Balaban J connectivity index is 1.51. The van der Waals surface area contributed by atoms with E-state index in [1.807, 2.05) is 0 Å². The number of nitrogens with zero attached hydrogens (tertiary/aromatic N) is 2. The second-order valence-corrected chi connectivity index (χ2v) is 18.7. The van der Waals surface area contributed by atoms with E-state index < -0.39 is 119 Å². The molecular weight excluding hydrogens is 847 g/mol.